The number of hydrogen-bond donors (Lipinski definition) is 1. The Hall–Kier alpha value is -0.340. The van der Waals surface area contributed by atoms with Crippen LogP contribution in [-0.2, 0) is 5.41 Å². The third-order valence-corrected chi connectivity index (χ3v) is 3.98. The molecule has 1 aromatic rings. The monoisotopic (exact) mass is 253 g/mol. The number of halogens is 1. The lowest BCUT2D eigenvalue weighted by Gasteiger charge is -2.21. The average molecular weight is 254 g/mol. The van der Waals surface area contributed by atoms with Gasteiger partial charge in [-0.3, -0.25) is 0 Å². The minimum absolute atomic E-state index is 0.251. The minimum Gasteiger partial charge on any atom is -0.327 e. The molecule has 1 nitrogen and oxygen atoms in total. The maximum atomic E-state index is 6.05. The molecule has 1 aromatic carbocycles. The van der Waals surface area contributed by atoms with E-state index in [4.69, 9.17) is 5.73 Å². The van der Waals surface area contributed by atoms with Gasteiger partial charge in [-0.05, 0) is 43.9 Å². The third kappa shape index (κ3) is 1.51. The summed E-state index contributed by atoms with van der Waals surface area (Å²) in [6, 6.07) is 6.82. The molecule has 2 N–H and O–H groups in total. The Balaban J connectivity index is 2.42. The van der Waals surface area contributed by atoms with Crippen LogP contribution in [0.15, 0.2) is 22.7 Å². The molecule has 0 saturated heterocycles. The van der Waals surface area contributed by atoms with Gasteiger partial charge in [0.15, 0.2) is 0 Å². The molecular formula is C12H16BrN. The summed E-state index contributed by atoms with van der Waals surface area (Å²) in [6.45, 7) is 4.22. The van der Waals surface area contributed by atoms with Crippen molar-refractivity contribution in [2.24, 2.45) is 5.73 Å². The number of benzene rings is 1. The fourth-order valence-electron chi connectivity index (χ4n) is 2.13. The van der Waals surface area contributed by atoms with Gasteiger partial charge in [0.1, 0.15) is 0 Å². The van der Waals surface area contributed by atoms with E-state index in [0.29, 0.717) is 0 Å². The minimum atomic E-state index is 0.251. The summed E-state index contributed by atoms with van der Waals surface area (Å²) in [5.41, 5.74) is 8.99. The van der Waals surface area contributed by atoms with E-state index in [-0.39, 0.29) is 11.5 Å². The molecule has 1 saturated carbocycles. The van der Waals surface area contributed by atoms with Crippen molar-refractivity contribution in [1.82, 2.24) is 0 Å². The molecule has 2 rings (SSSR count). The first-order valence-corrected chi connectivity index (χ1v) is 5.88. The Morgan fingerprint density at radius 3 is 2.50 bits per heavy atom. The molecule has 0 aromatic heterocycles. The Labute approximate surface area is 93.8 Å². The van der Waals surface area contributed by atoms with Crippen molar-refractivity contribution in [2.45, 2.75) is 38.1 Å². The lowest BCUT2D eigenvalue weighted by Crippen LogP contribution is -2.31. The van der Waals surface area contributed by atoms with E-state index in [2.05, 4.69) is 48.0 Å². The molecule has 76 valence electrons. The van der Waals surface area contributed by atoms with E-state index in [1.165, 1.54) is 28.4 Å². The number of nitrogens with two attached hydrogens (primary N) is 1. The van der Waals surface area contributed by atoms with E-state index in [0.717, 1.165) is 0 Å². The first kappa shape index (κ1) is 10.2. The van der Waals surface area contributed by atoms with E-state index in [9.17, 15) is 0 Å². The maximum absolute atomic E-state index is 6.05. The van der Waals surface area contributed by atoms with E-state index < -0.39 is 0 Å². The lowest BCUT2D eigenvalue weighted by atomic mass is 9.89. The van der Waals surface area contributed by atoms with Crippen molar-refractivity contribution in [3.05, 3.63) is 33.8 Å². The van der Waals surface area contributed by atoms with Gasteiger partial charge in [-0.15, -0.1) is 0 Å². The molecule has 2 heteroatoms. The van der Waals surface area contributed by atoms with Gasteiger partial charge < -0.3 is 5.73 Å². The zero-order valence-electron chi connectivity index (χ0n) is 8.68. The normalized spacial score (nSPS) is 20.6. The van der Waals surface area contributed by atoms with Crippen LogP contribution in [0.5, 0.6) is 0 Å². The second-order valence-corrected chi connectivity index (χ2v) is 5.28. The summed E-state index contributed by atoms with van der Waals surface area (Å²) >= 11 is 3.64. The van der Waals surface area contributed by atoms with Crippen LogP contribution in [-0.4, -0.2) is 6.04 Å². The summed E-state index contributed by atoms with van der Waals surface area (Å²) in [5, 5.41) is 0. The predicted molar refractivity (Wildman–Crippen MR) is 63.4 cm³/mol. The molecule has 1 unspecified atom stereocenters. The molecule has 0 bridgehead atoms. The molecule has 1 fully saturated rings. The summed E-state index contributed by atoms with van der Waals surface area (Å²) < 4.78 is 1.22. The Kier molecular flexibility index (Phi) is 2.44. The largest absolute Gasteiger partial charge is 0.327 e. The SMILES string of the molecule is Cc1ccc(C2(C(C)N)CC2)c(Br)c1. The smallest absolute Gasteiger partial charge is 0.0216 e. The summed E-state index contributed by atoms with van der Waals surface area (Å²) in [6.07, 6.45) is 2.46. The maximum Gasteiger partial charge on any atom is 0.0216 e. The molecule has 0 radical (unpaired) electrons. The van der Waals surface area contributed by atoms with Gasteiger partial charge in [-0.25, -0.2) is 0 Å². The zero-order valence-corrected chi connectivity index (χ0v) is 10.3. The van der Waals surface area contributed by atoms with Crippen molar-refractivity contribution >= 4 is 15.9 Å². The summed E-state index contributed by atoms with van der Waals surface area (Å²) in [7, 11) is 0. The fraction of sp³-hybridized carbons (Fsp3) is 0.500. The molecule has 0 spiro atoms. The van der Waals surface area contributed by atoms with Gasteiger partial charge in [0, 0.05) is 15.9 Å². The van der Waals surface area contributed by atoms with Gasteiger partial charge >= 0.3 is 0 Å². The van der Waals surface area contributed by atoms with Crippen molar-refractivity contribution in [3.63, 3.8) is 0 Å². The van der Waals surface area contributed by atoms with Gasteiger partial charge in [0.05, 0.1) is 0 Å². The highest BCUT2D eigenvalue weighted by Gasteiger charge is 2.48. The van der Waals surface area contributed by atoms with Gasteiger partial charge in [0.2, 0.25) is 0 Å². The molecule has 0 amide bonds. The fourth-order valence-corrected chi connectivity index (χ4v) is 3.02. The second-order valence-electron chi connectivity index (χ2n) is 4.43. The van der Waals surface area contributed by atoms with Crippen LogP contribution >= 0.6 is 15.9 Å². The van der Waals surface area contributed by atoms with Crippen LogP contribution in [0.3, 0.4) is 0 Å². The standard InChI is InChI=1S/C12H16BrN/c1-8-3-4-10(11(13)7-8)12(5-6-12)9(2)14/h3-4,7,9H,5-6,14H2,1-2H3. The highest BCUT2D eigenvalue weighted by atomic mass is 79.9. The predicted octanol–water partition coefficient (Wildman–Crippen LogP) is 3.14. The van der Waals surface area contributed by atoms with Crippen molar-refractivity contribution in [3.8, 4) is 0 Å². The molecule has 1 atom stereocenters. The van der Waals surface area contributed by atoms with Crippen LogP contribution in [0.25, 0.3) is 0 Å². The highest BCUT2D eigenvalue weighted by Crippen LogP contribution is 2.52. The van der Waals surface area contributed by atoms with Crippen molar-refractivity contribution in [1.29, 1.82) is 0 Å². The number of aryl methyl sites for hydroxylation is 1. The second kappa shape index (κ2) is 3.35. The molecule has 1 aliphatic rings. The van der Waals surface area contributed by atoms with E-state index >= 15 is 0 Å². The van der Waals surface area contributed by atoms with Gasteiger partial charge in [-0.1, -0.05) is 28.1 Å². The summed E-state index contributed by atoms with van der Waals surface area (Å²) in [4.78, 5) is 0. The topological polar surface area (TPSA) is 26.0 Å². The van der Waals surface area contributed by atoms with E-state index in [1.807, 2.05) is 0 Å². The third-order valence-electron chi connectivity index (χ3n) is 3.32. The highest BCUT2D eigenvalue weighted by molar-refractivity contribution is 9.10. The Morgan fingerprint density at radius 2 is 2.07 bits per heavy atom. The molecular weight excluding hydrogens is 238 g/mol. The van der Waals surface area contributed by atoms with Crippen molar-refractivity contribution in [2.75, 3.05) is 0 Å². The first-order chi connectivity index (χ1) is 6.56. The number of hydrogen-bond acceptors (Lipinski definition) is 1. The van der Waals surface area contributed by atoms with E-state index in [1.54, 1.807) is 0 Å². The molecule has 0 aliphatic heterocycles. The summed E-state index contributed by atoms with van der Waals surface area (Å²) in [5.74, 6) is 0. The van der Waals surface area contributed by atoms with Crippen LogP contribution in [0.2, 0.25) is 0 Å². The van der Waals surface area contributed by atoms with Crippen LogP contribution in [0, 0.1) is 6.92 Å². The molecule has 14 heavy (non-hydrogen) atoms. The van der Waals surface area contributed by atoms with Crippen LogP contribution < -0.4 is 5.73 Å². The lowest BCUT2D eigenvalue weighted by molar-refractivity contribution is 0.554. The van der Waals surface area contributed by atoms with Gasteiger partial charge in [-0.2, -0.15) is 0 Å². The van der Waals surface area contributed by atoms with Crippen molar-refractivity contribution < 1.29 is 0 Å². The molecule has 0 heterocycles. The zero-order chi connectivity index (χ0) is 10.3. The first-order valence-electron chi connectivity index (χ1n) is 5.08. The molecule has 1 aliphatic carbocycles. The Morgan fingerprint density at radius 1 is 1.43 bits per heavy atom. The number of rotatable bonds is 2. The average Bonchev–Trinajstić information content (AvgIpc) is 2.84. The Bertz CT molecular complexity index is 353. The van der Waals surface area contributed by atoms with Crippen LogP contribution in [0.1, 0.15) is 30.9 Å². The quantitative estimate of drug-likeness (QED) is 0.862. The van der Waals surface area contributed by atoms with Crippen LogP contribution in [0.4, 0.5) is 0 Å². The van der Waals surface area contributed by atoms with Gasteiger partial charge in [0.25, 0.3) is 0 Å².